The topological polar surface area (TPSA) is 46.5 Å². The van der Waals surface area contributed by atoms with E-state index < -0.39 is 0 Å². The Morgan fingerprint density at radius 3 is 2.15 bits per heavy atom. The fourth-order valence-electron chi connectivity index (χ4n) is 2.24. The Morgan fingerprint density at radius 1 is 1.15 bits per heavy atom. The van der Waals surface area contributed by atoms with Crippen molar-refractivity contribution in [2.45, 2.75) is 67.4 Å². The van der Waals surface area contributed by atoms with Gasteiger partial charge in [-0.2, -0.15) is 0 Å². The van der Waals surface area contributed by atoms with Crippen LogP contribution in [-0.4, -0.2) is 17.5 Å². The molecule has 0 aromatic heterocycles. The molecule has 114 valence electrons. The quantitative estimate of drug-likeness (QED) is 0.722. The molecule has 0 spiro atoms. The number of benzene rings is 1. The molecule has 0 aliphatic carbocycles. The Bertz CT molecular complexity index is 450. The van der Waals surface area contributed by atoms with Gasteiger partial charge in [0.2, 0.25) is 0 Å². The predicted molar refractivity (Wildman–Crippen MR) is 83.8 cm³/mol. The van der Waals surface area contributed by atoms with Gasteiger partial charge in [0.05, 0.1) is 6.10 Å². The third-order valence-corrected chi connectivity index (χ3v) is 3.46. The highest BCUT2D eigenvalue weighted by atomic mass is 16.5. The molecule has 0 fully saturated rings. The first-order valence-electron chi connectivity index (χ1n) is 7.32. The van der Waals surface area contributed by atoms with Crippen LogP contribution in [0.3, 0.4) is 0 Å². The van der Waals surface area contributed by atoms with E-state index in [0.717, 1.165) is 41.6 Å². The van der Waals surface area contributed by atoms with Crippen molar-refractivity contribution in [1.29, 1.82) is 0 Å². The third kappa shape index (κ3) is 3.99. The van der Waals surface area contributed by atoms with Crippen LogP contribution in [0.1, 0.15) is 56.4 Å². The van der Waals surface area contributed by atoms with Crippen molar-refractivity contribution < 1.29 is 14.6 Å². The number of aromatic hydroxyl groups is 1. The molecule has 1 unspecified atom stereocenters. The summed E-state index contributed by atoms with van der Waals surface area (Å²) in [6.07, 6.45) is 3.09. The standard InChI is InChI=1S/C13H18O2.C2H4O.C2H6/c1-7-5-6-11-10(4)12(14)8(2)9(3)13(11)15-7;1-2-3;1-2/h7,14H,5-6H2,1-4H3;2H,1H3;1-2H3. The van der Waals surface area contributed by atoms with Gasteiger partial charge in [-0.25, -0.2) is 0 Å². The highest BCUT2D eigenvalue weighted by Crippen LogP contribution is 2.40. The number of hydrogen-bond acceptors (Lipinski definition) is 3. The molecular formula is C17H28O3. The van der Waals surface area contributed by atoms with Gasteiger partial charge in [-0.15, -0.1) is 0 Å². The van der Waals surface area contributed by atoms with Crippen molar-refractivity contribution in [2.24, 2.45) is 0 Å². The molecule has 0 saturated heterocycles. The fraction of sp³-hybridized carbons (Fsp3) is 0.588. The average Bonchev–Trinajstić information content (AvgIpc) is 2.46. The average molecular weight is 280 g/mol. The Balaban J connectivity index is 0.000000641. The maximum atomic E-state index is 9.95. The Labute approximate surface area is 123 Å². The first kappa shape index (κ1) is 18.5. The highest BCUT2D eigenvalue weighted by Gasteiger charge is 2.23. The normalized spacial score (nSPS) is 15.7. The highest BCUT2D eigenvalue weighted by molar-refractivity contribution is 5.58. The van der Waals surface area contributed by atoms with Crippen LogP contribution in [0.2, 0.25) is 0 Å². The summed E-state index contributed by atoms with van der Waals surface area (Å²) in [6, 6.07) is 0. The molecule has 0 radical (unpaired) electrons. The van der Waals surface area contributed by atoms with Crippen LogP contribution >= 0.6 is 0 Å². The summed E-state index contributed by atoms with van der Waals surface area (Å²) in [5.41, 5.74) is 4.20. The van der Waals surface area contributed by atoms with Crippen molar-refractivity contribution in [3.05, 3.63) is 22.3 Å². The maximum absolute atomic E-state index is 9.95. The molecule has 20 heavy (non-hydrogen) atoms. The molecule has 0 saturated carbocycles. The van der Waals surface area contributed by atoms with Gasteiger partial charge in [0.25, 0.3) is 0 Å². The molecular weight excluding hydrogens is 252 g/mol. The van der Waals surface area contributed by atoms with Crippen LogP contribution in [0.4, 0.5) is 0 Å². The number of rotatable bonds is 0. The molecule has 2 rings (SSSR count). The molecule has 1 aromatic rings. The molecule has 1 N–H and O–H groups in total. The number of carbonyl (C=O) groups excluding carboxylic acids is 1. The molecule has 1 aliphatic heterocycles. The van der Waals surface area contributed by atoms with Crippen molar-refractivity contribution in [1.82, 2.24) is 0 Å². The summed E-state index contributed by atoms with van der Waals surface area (Å²) < 4.78 is 5.87. The molecule has 0 bridgehead atoms. The van der Waals surface area contributed by atoms with E-state index in [-0.39, 0.29) is 0 Å². The van der Waals surface area contributed by atoms with E-state index in [2.05, 4.69) is 6.92 Å². The van der Waals surface area contributed by atoms with E-state index in [0.29, 0.717) is 11.9 Å². The molecule has 1 aromatic carbocycles. The lowest BCUT2D eigenvalue weighted by Gasteiger charge is -2.27. The second-order valence-corrected chi connectivity index (χ2v) is 4.73. The maximum Gasteiger partial charge on any atom is 0.126 e. The zero-order valence-corrected chi connectivity index (χ0v) is 13.8. The minimum atomic E-state index is 0.291. The summed E-state index contributed by atoms with van der Waals surface area (Å²) in [5.74, 6) is 1.44. The van der Waals surface area contributed by atoms with Crippen LogP contribution in [0, 0.1) is 20.8 Å². The van der Waals surface area contributed by atoms with Gasteiger partial charge in [-0.1, -0.05) is 13.8 Å². The predicted octanol–water partition coefficient (Wildman–Crippen LogP) is 4.26. The van der Waals surface area contributed by atoms with Crippen LogP contribution in [0.5, 0.6) is 11.5 Å². The van der Waals surface area contributed by atoms with Crippen LogP contribution in [0.25, 0.3) is 0 Å². The number of ether oxygens (including phenoxy) is 1. The minimum absolute atomic E-state index is 0.291. The number of hydrogen-bond donors (Lipinski definition) is 1. The molecule has 1 aliphatic rings. The van der Waals surface area contributed by atoms with E-state index in [1.807, 2.05) is 34.6 Å². The first-order valence-corrected chi connectivity index (χ1v) is 7.32. The van der Waals surface area contributed by atoms with Crippen LogP contribution in [0.15, 0.2) is 0 Å². The number of phenols is 1. The zero-order chi connectivity index (χ0) is 15.9. The fourth-order valence-corrected chi connectivity index (χ4v) is 2.24. The second-order valence-electron chi connectivity index (χ2n) is 4.73. The number of fused-ring (bicyclic) bond motifs is 1. The van der Waals surface area contributed by atoms with Crippen LogP contribution in [-0.2, 0) is 11.2 Å². The SMILES string of the molecule is CC.CC=O.Cc1c(C)c2c(c(C)c1O)CCC(C)O2. The van der Waals surface area contributed by atoms with Crippen LogP contribution < -0.4 is 4.74 Å². The van der Waals surface area contributed by atoms with Gasteiger partial charge in [0.15, 0.2) is 0 Å². The second kappa shape index (κ2) is 8.62. The van der Waals surface area contributed by atoms with Crippen molar-refractivity contribution in [2.75, 3.05) is 0 Å². The van der Waals surface area contributed by atoms with E-state index in [4.69, 9.17) is 9.53 Å². The summed E-state index contributed by atoms with van der Waals surface area (Å²) in [6.45, 7) is 13.5. The Hall–Kier alpha value is -1.51. The summed E-state index contributed by atoms with van der Waals surface area (Å²) in [7, 11) is 0. The van der Waals surface area contributed by atoms with E-state index in [1.165, 1.54) is 12.5 Å². The lowest BCUT2D eigenvalue weighted by atomic mass is 9.92. The number of aldehydes is 1. The lowest BCUT2D eigenvalue weighted by molar-refractivity contribution is -0.106. The van der Waals surface area contributed by atoms with Gasteiger partial charge in [-0.05, 0) is 64.2 Å². The Morgan fingerprint density at radius 2 is 1.65 bits per heavy atom. The monoisotopic (exact) mass is 280 g/mol. The summed E-state index contributed by atoms with van der Waals surface area (Å²) in [4.78, 5) is 8.81. The molecule has 1 heterocycles. The van der Waals surface area contributed by atoms with Gasteiger partial charge in [0.1, 0.15) is 17.8 Å². The van der Waals surface area contributed by atoms with Gasteiger partial charge < -0.3 is 14.6 Å². The molecule has 3 nitrogen and oxygen atoms in total. The van der Waals surface area contributed by atoms with Gasteiger partial charge in [-0.3, -0.25) is 0 Å². The Kier molecular flexibility index (Phi) is 7.97. The van der Waals surface area contributed by atoms with Crippen molar-refractivity contribution >= 4 is 6.29 Å². The molecule has 1 atom stereocenters. The number of phenolic OH excluding ortho intramolecular Hbond substituents is 1. The summed E-state index contributed by atoms with van der Waals surface area (Å²) >= 11 is 0. The van der Waals surface area contributed by atoms with Crippen molar-refractivity contribution in [3.8, 4) is 11.5 Å². The summed E-state index contributed by atoms with van der Waals surface area (Å²) in [5, 5.41) is 9.95. The van der Waals surface area contributed by atoms with Gasteiger partial charge in [0, 0.05) is 5.56 Å². The van der Waals surface area contributed by atoms with Gasteiger partial charge >= 0.3 is 0 Å². The largest absolute Gasteiger partial charge is 0.507 e. The minimum Gasteiger partial charge on any atom is -0.507 e. The zero-order valence-electron chi connectivity index (χ0n) is 13.8. The third-order valence-electron chi connectivity index (χ3n) is 3.46. The van der Waals surface area contributed by atoms with E-state index >= 15 is 0 Å². The lowest BCUT2D eigenvalue weighted by Crippen LogP contribution is -2.20. The first-order chi connectivity index (χ1) is 9.43. The van der Waals surface area contributed by atoms with E-state index in [9.17, 15) is 5.11 Å². The number of carbonyl (C=O) groups is 1. The van der Waals surface area contributed by atoms with Crippen molar-refractivity contribution in [3.63, 3.8) is 0 Å². The molecule has 3 heteroatoms. The molecule has 0 amide bonds. The smallest absolute Gasteiger partial charge is 0.126 e. The van der Waals surface area contributed by atoms with E-state index in [1.54, 1.807) is 0 Å².